The molecule has 0 spiro atoms. The number of nitrogens with zero attached hydrogens (tertiary/aromatic N) is 2. The molecule has 2 aromatic carbocycles. The number of aromatic amines is 1. The third-order valence-corrected chi connectivity index (χ3v) is 5.76. The first-order chi connectivity index (χ1) is 16.5. The number of benzene rings is 2. The Morgan fingerprint density at radius 1 is 1.09 bits per heavy atom. The molecule has 0 aliphatic carbocycles. The number of halogens is 2. The number of aromatic nitrogens is 3. The lowest BCUT2D eigenvalue weighted by Crippen LogP contribution is -2.39. The summed E-state index contributed by atoms with van der Waals surface area (Å²) in [5.41, 5.74) is 2.43. The summed E-state index contributed by atoms with van der Waals surface area (Å²) in [5.74, 6) is -1.62. The van der Waals surface area contributed by atoms with Crippen molar-refractivity contribution in [2.75, 3.05) is 6.61 Å². The van der Waals surface area contributed by atoms with Gasteiger partial charge in [-0.25, -0.2) is 8.78 Å². The van der Waals surface area contributed by atoms with Crippen LogP contribution in [0.15, 0.2) is 72.9 Å². The molecule has 2 aromatic heterocycles. The average molecular weight is 463 g/mol. The molecule has 1 unspecified atom stereocenters. The predicted molar refractivity (Wildman–Crippen MR) is 125 cm³/mol. The molecular weight excluding hydrogens is 438 g/mol. The molecule has 1 amide bonds. The number of nitrogens with one attached hydrogen (secondary N) is 2. The highest BCUT2D eigenvalue weighted by atomic mass is 19.1. The normalized spacial score (nSPS) is 12.8. The van der Waals surface area contributed by atoms with Crippen molar-refractivity contribution in [2.24, 2.45) is 0 Å². The number of rotatable bonds is 8. The molecule has 3 N–H and O–H groups in total. The zero-order valence-corrected chi connectivity index (χ0v) is 18.5. The SMILES string of the molecule is CC(c1ccccn1)[C@H](CCO)NC(=O)c1cccc(F)c1-c1cc(-c2ccc(F)cc2)[nH]n1. The number of carbonyl (C=O) groups is 1. The fourth-order valence-electron chi connectivity index (χ4n) is 3.88. The van der Waals surface area contributed by atoms with E-state index in [-0.39, 0.29) is 35.2 Å². The molecule has 2 heterocycles. The van der Waals surface area contributed by atoms with Gasteiger partial charge in [-0.05, 0) is 66.6 Å². The molecule has 0 radical (unpaired) electrons. The van der Waals surface area contributed by atoms with Crippen LogP contribution >= 0.6 is 0 Å². The van der Waals surface area contributed by atoms with E-state index in [2.05, 4.69) is 20.5 Å². The number of hydrogen-bond donors (Lipinski definition) is 3. The van der Waals surface area contributed by atoms with Crippen LogP contribution < -0.4 is 5.32 Å². The summed E-state index contributed by atoms with van der Waals surface area (Å²) in [6.07, 6.45) is 1.98. The fraction of sp³-hybridized carbons (Fsp3) is 0.192. The van der Waals surface area contributed by atoms with Crippen LogP contribution in [-0.4, -0.2) is 38.8 Å². The van der Waals surface area contributed by atoms with Gasteiger partial charge in [-0.15, -0.1) is 0 Å². The van der Waals surface area contributed by atoms with Crippen LogP contribution in [0.2, 0.25) is 0 Å². The van der Waals surface area contributed by atoms with Gasteiger partial charge in [0, 0.05) is 30.5 Å². The van der Waals surface area contributed by atoms with Crippen molar-refractivity contribution in [3.8, 4) is 22.5 Å². The van der Waals surface area contributed by atoms with Crippen molar-refractivity contribution in [2.45, 2.75) is 25.3 Å². The zero-order chi connectivity index (χ0) is 24.1. The number of hydrogen-bond acceptors (Lipinski definition) is 4. The summed E-state index contributed by atoms with van der Waals surface area (Å²) in [5, 5.41) is 19.5. The van der Waals surface area contributed by atoms with Gasteiger partial charge in [0.05, 0.1) is 22.5 Å². The van der Waals surface area contributed by atoms with Crippen LogP contribution in [0.25, 0.3) is 22.5 Å². The minimum Gasteiger partial charge on any atom is -0.396 e. The third kappa shape index (κ3) is 5.02. The molecule has 2 atom stereocenters. The first kappa shape index (κ1) is 23.3. The van der Waals surface area contributed by atoms with Gasteiger partial charge in [0.1, 0.15) is 11.6 Å². The van der Waals surface area contributed by atoms with Crippen molar-refractivity contribution >= 4 is 5.91 Å². The van der Waals surface area contributed by atoms with Gasteiger partial charge in [0.2, 0.25) is 0 Å². The standard InChI is InChI=1S/C26H24F2N4O2/c1-16(21-7-2-3-13-29-21)22(12-14-33)30-26(34)19-5-4-6-20(28)25(19)24-15-23(31-32-24)17-8-10-18(27)11-9-17/h2-11,13,15-16,22,33H,12,14H2,1H3,(H,30,34)(H,31,32)/t16?,22-/m0/s1. The Kier molecular flexibility index (Phi) is 7.08. The van der Waals surface area contributed by atoms with E-state index in [1.54, 1.807) is 30.5 Å². The van der Waals surface area contributed by atoms with E-state index in [9.17, 15) is 18.7 Å². The molecule has 8 heteroatoms. The van der Waals surface area contributed by atoms with E-state index in [1.807, 2.05) is 19.1 Å². The summed E-state index contributed by atoms with van der Waals surface area (Å²) < 4.78 is 28.2. The Bertz CT molecular complexity index is 1260. The molecule has 174 valence electrons. The maximum absolute atomic E-state index is 14.9. The van der Waals surface area contributed by atoms with Gasteiger partial charge in [0.15, 0.2) is 0 Å². The molecule has 4 rings (SSSR count). The van der Waals surface area contributed by atoms with Crippen LogP contribution in [0.1, 0.15) is 35.3 Å². The molecule has 0 aliphatic rings. The van der Waals surface area contributed by atoms with Gasteiger partial charge < -0.3 is 10.4 Å². The van der Waals surface area contributed by atoms with Crippen molar-refractivity contribution in [3.63, 3.8) is 0 Å². The Hall–Kier alpha value is -3.91. The van der Waals surface area contributed by atoms with Gasteiger partial charge in [-0.1, -0.05) is 19.1 Å². The molecule has 34 heavy (non-hydrogen) atoms. The summed E-state index contributed by atoms with van der Waals surface area (Å²) in [6, 6.07) is 16.8. The summed E-state index contributed by atoms with van der Waals surface area (Å²) in [7, 11) is 0. The number of H-pyrrole nitrogens is 1. The van der Waals surface area contributed by atoms with Gasteiger partial charge in [-0.2, -0.15) is 5.10 Å². The molecule has 0 saturated heterocycles. The number of aliphatic hydroxyl groups is 1. The van der Waals surface area contributed by atoms with E-state index in [0.717, 1.165) is 5.69 Å². The Morgan fingerprint density at radius 2 is 1.88 bits per heavy atom. The minimum absolute atomic E-state index is 0.0536. The second-order valence-electron chi connectivity index (χ2n) is 7.97. The van der Waals surface area contributed by atoms with Crippen molar-refractivity contribution in [3.05, 3.63) is 95.8 Å². The highest BCUT2D eigenvalue weighted by molar-refractivity contribution is 6.01. The molecular formula is C26H24F2N4O2. The monoisotopic (exact) mass is 462 g/mol. The highest BCUT2D eigenvalue weighted by Crippen LogP contribution is 2.29. The van der Waals surface area contributed by atoms with Crippen LogP contribution in [0.4, 0.5) is 8.78 Å². The van der Waals surface area contributed by atoms with Crippen LogP contribution in [0.3, 0.4) is 0 Å². The summed E-state index contributed by atoms with van der Waals surface area (Å²) >= 11 is 0. The topological polar surface area (TPSA) is 90.9 Å². The van der Waals surface area contributed by atoms with E-state index in [0.29, 0.717) is 17.7 Å². The highest BCUT2D eigenvalue weighted by Gasteiger charge is 2.25. The summed E-state index contributed by atoms with van der Waals surface area (Å²) in [6.45, 7) is 1.79. The largest absolute Gasteiger partial charge is 0.396 e. The smallest absolute Gasteiger partial charge is 0.252 e. The number of amides is 1. The number of aliphatic hydroxyl groups excluding tert-OH is 1. The van der Waals surface area contributed by atoms with Crippen molar-refractivity contribution in [1.29, 1.82) is 0 Å². The second kappa shape index (κ2) is 10.4. The van der Waals surface area contributed by atoms with Crippen LogP contribution in [-0.2, 0) is 0 Å². The molecule has 6 nitrogen and oxygen atoms in total. The molecule has 0 saturated carbocycles. The quantitative estimate of drug-likeness (QED) is 0.354. The first-order valence-corrected chi connectivity index (χ1v) is 10.9. The molecule has 0 fully saturated rings. The van der Waals surface area contributed by atoms with Gasteiger partial charge in [0.25, 0.3) is 5.91 Å². The van der Waals surface area contributed by atoms with Gasteiger partial charge in [-0.3, -0.25) is 14.9 Å². The van der Waals surface area contributed by atoms with E-state index >= 15 is 0 Å². The van der Waals surface area contributed by atoms with Crippen LogP contribution in [0, 0.1) is 11.6 Å². The molecule has 0 aliphatic heterocycles. The molecule has 4 aromatic rings. The van der Waals surface area contributed by atoms with E-state index in [1.165, 1.54) is 30.3 Å². The Labute approximate surface area is 195 Å². The van der Waals surface area contributed by atoms with E-state index < -0.39 is 17.8 Å². The third-order valence-electron chi connectivity index (χ3n) is 5.76. The Morgan fingerprint density at radius 3 is 2.59 bits per heavy atom. The second-order valence-corrected chi connectivity index (χ2v) is 7.97. The lowest BCUT2D eigenvalue weighted by Gasteiger charge is -2.25. The lowest BCUT2D eigenvalue weighted by molar-refractivity contribution is 0.0923. The zero-order valence-electron chi connectivity index (χ0n) is 18.5. The maximum Gasteiger partial charge on any atom is 0.252 e. The number of pyridine rings is 1. The first-order valence-electron chi connectivity index (χ1n) is 10.9. The van der Waals surface area contributed by atoms with Crippen molar-refractivity contribution < 1.29 is 18.7 Å². The minimum atomic E-state index is -0.596. The lowest BCUT2D eigenvalue weighted by atomic mass is 9.94. The van der Waals surface area contributed by atoms with Crippen LogP contribution in [0.5, 0.6) is 0 Å². The van der Waals surface area contributed by atoms with E-state index in [4.69, 9.17) is 0 Å². The molecule has 0 bridgehead atoms. The average Bonchev–Trinajstić information content (AvgIpc) is 3.34. The van der Waals surface area contributed by atoms with Gasteiger partial charge >= 0.3 is 0 Å². The maximum atomic E-state index is 14.9. The predicted octanol–water partition coefficient (Wildman–Crippen LogP) is 4.70. The summed E-state index contributed by atoms with van der Waals surface area (Å²) in [4.78, 5) is 17.6. The Balaban J connectivity index is 1.63. The number of carbonyl (C=O) groups excluding carboxylic acids is 1. The van der Waals surface area contributed by atoms with Crippen molar-refractivity contribution in [1.82, 2.24) is 20.5 Å². The fourth-order valence-corrected chi connectivity index (χ4v) is 3.88.